The molecule has 4 rings (SSSR count). The van der Waals surface area contributed by atoms with Gasteiger partial charge >= 0.3 is 12.1 Å². The molecule has 0 bridgehead atoms. The van der Waals surface area contributed by atoms with Gasteiger partial charge in [0.05, 0.1) is 6.42 Å². The maximum Gasteiger partial charge on any atom is 0.412 e. The minimum atomic E-state index is -1.06. The number of hydrogen-bond acceptors (Lipinski definition) is 7. The number of carbonyl (C=O) groups excluding carboxylic acids is 2. The summed E-state index contributed by atoms with van der Waals surface area (Å²) in [5, 5.41) is 20.6. The highest BCUT2D eigenvalue weighted by molar-refractivity contribution is 5.99. The zero-order valence-electron chi connectivity index (χ0n) is 17.1. The molecule has 10 heteroatoms. The van der Waals surface area contributed by atoms with Crippen LogP contribution in [0, 0.1) is 0 Å². The summed E-state index contributed by atoms with van der Waals surface area (Å²) in [5.41, 5.74) is 4.06. The van der Waals surface area contributed by atoms with Gasteiger partial charge in [0.15, 0.2) is 0 Å². The SMILES string of the molecule is C[C@@H](CC(=O)O)NC(=O)c1nonc1NC(=O)OCC1c2ccccc2-c2ccccc21. The number of rotatable bonds is 7. The van der Waals surface area contributed by atoms with Gasteiger partial charge in [0.2, 0.25) is 11.5 Å². The molecule has 1 aliphatic carbocycles. The van der Waals surface area contributed by atoms with E-state index in [-0.39, 0.29) is 30.5 Å². The zero-order valence-corrected chi connectivity index (χ0v) is 17.1. The summed E-state index contributed by atoms with van der Waals surface area (Å²) in [6.45, 7) is 1.61. The minimum Gasteiger partial charge on any atom is -0.481 e. The highest BCUT2D eigenvalue weighted by atomic mass is 16.6. The summed E-state index contributed by atoms with van der Waals surface area (Å²) >= 11 is 0. The van der Waals surface area contributed by atoms with Crippen molar-refractivity contribution in [3.8, 4) is 11.1 Å². The number of carboxylic acids is 1. The van der Waals surface area contributed by atoms with Crippen molar-refractivity contribution in [2.75, 3.05) is 11.9 Å². The normalized spacial score (nSPS) is 13.0. The smallest absolute Gasteiger partial charge is 0.412 e. The maximum atomic E-state index is 12.4. The Morgan fingerprint density at radius 1 is 1.06 bits per heavy atom. The summed E-state index contributed by atoms with van der Waals surface area (Å²) < 4.78 is 9.97. The Labute approximate surface area is 182 Å². The first-order valence-corrected chi connectivity index (χ1v) is 9.91. The molecule has 2 amide bonds. The number of nitrogens with zero attached hydrogens (tertiary/aromatic N) is 2. The third-order valence-electron chi connectivity index (χ3n) is 5.13. The zero-order chi connectivity index (χ0) is 22.7. The number of amides is 2. The molecule has 3 aromatic rings. The summed E-state index contributed by atoms with van der Waals surface area (Å²) in [5.74, 6) is -2.13. The van der Waals surface area contributed by atoms with Crippen LogP contribution in [0.15, 0.2) is 53.2 Å². The summed E-state index contributed by atoms with van der Waals surface area (Å²) in [6, 6.07) is 15.2. The van der Waals surface area contributed by atoms with E-state index in [9.17, 15) is 14.4 Å². The lowest BCUT2D eigenvalue weighted by Crippen LogP contribution is -2.35. The molecular weight excluding hydrogens is 416 g/mol. The third-order valence-corrected chi connectivity index (χ3v) is 5.13. The molecule has 0 unspecified atom stereocenters. The van der Waals surface area contributed by atoms with Gasteiger partial charge in [0, 0.05) is 12.0 Å². The van der Waals surface area contributed by atoms with E-state index in [1.165, 1.54) is 6.92 Å². The number of hydrogen-bond donors (Lipinski definition) is 3. The summed E-state index contributed by atoms with van der Waals surface area (Å²) in [4.78, 5) is 35.4. The van der Waals surface area contributed by atoms with E-state index in [1.807, 2.05) is 48.5 Å². The number of benzene rings is 2. The van der Waals surface area contributed by atoms with Crippen LogP contribution in [0.1, 0.15) is 40.9 Å². The highest BCUT2D eigenvalue weighted by Crippen LogP contribution is 2.44. The van der Waals surface area contributed by atoms with Crippen LogP contribution in [0.2, 0.25) is 0 Å². The number of anilines is 1. The van der Waals surface area contributed by atoms with Crippen molar-refractivity contribution in [2.24, 2.45) is 0 Å². The third kappa shape index (κ3) is 4.29. The molecule has 0 saturated heterocycles. The first-order chi connectivity index (χ1) is 15.4. The molecule has 3 N–H and O–H groups in total. The Hall–Kier alpha value is -4.21. The van der Waals surface area contributed by atoms with Gasteiger partial charge in [-0.3, -0.25) is 14.9 Å². The van der Waals surface area contributed by atoms with Crippen LogP contribution in [0.4, 0.5) is 10.6 Å². The Balaban J connectivity index is 1.40. The van der Waals surface area contributed by atoms with Crippen LogP contribution < -0.4 is 10.6 Å². The molecule has 2 aromatic carbocycles. The second kappa shape index (κ2) is 8.88. The Morgan fingerprint density at radius 3 is 2.31 bits per heavy atom. The van der Waals surface area contributed by atoms with Crippen molar-refractivity contribution in [3.63, 3.8) is 0 Å². The van der Waals surface area contributed by atoms with Gasteiger partial charge in [-0.05, 0) is 39.5 Å². The molecule has 0 fully saturated rings. The highest BCUT2D eigenvalue weighted by Gasteiger charge is 2.29. The first-order valence-electron chi connectivity index (χ1n) is 9.91. The van der Waals surface area contributed by atoms with Crippen LogP contribution >= 0.6 is 0 Å². The molecule has 164 valence electrons. The average Bonchev–Trinajstić information content (AvgIpc) is 3.34. The van der Waals surface area contributed by atoms with Gasteiger partial charge in [-0.1, -0.05) is 48.5 Å². The second-order valence-corrected chi connectivity index (χ2v) is 7.38. The number of aliphatic carboxylic acids is 1. The molecule has 32 heavy (non-hydrogen) atoms. The molecule has 0 radical (unpaired) electrons. The standard InChI is InChI=1S/C22H20N4O6/c1-12(10-18(27)28)23-21(29)19-20(26-32-25-19)24-22(30)31-11-17-15-8-4-2-6-13(15)14-7-3-5-9-16(14)17/h2-9,12,17H,10-11H2,1H3,(H,23,29)(H,27,28)(H,24,26,30)/t12-/m0/s1. The molecule has 0 aliphatic heterocycles. The fourth-order valence-corrected chi connectivity index (χ4v) is 3.76. The maximum absolute atomic E-state index is 12.4. The van der Waals surface area contributed by atoms with Crippen LogP contribution in [0.3, 0.4) is 0 Å². The van der Waals surface area contributed by atoms with E-state index < -0.39 is 24.0 Å². The number of nitrogens with one attached hydrogen (secondary N) is 2. The van der Waals surface area contributed by atoms with Crippen LogP contribution in [-0.4, -0.2) is 46.0 Å². The van der Waals surface area contributed by atoms with Crippen molar-refractivity contribution >= 4 is 23.8 Å². The number of ether oxygens (including phenoxy) is 1. The number of aromatic nitrogens is 2. The van der Waals surface area contributed by atoms with E-state index in [4.69, 9.17) is 9.84 Å². The largest absolute Gasteiger partial charge is 0.481 e. The van der Waals surface area contributed by atoms with Crippen molar-refractivity contribution in [3.05, 3.63) is 65.4 Å². The first kappa shape index (κ1) is 21.0. The topological polar surface area (TPSA) is 144 Å². The van der Waals surface area contributed by atoms with Gasteiger partial charge in [0.1, 0.15) is 6.61 Å². The number of fused-ring (bicyclic) bond motifs is 3. The molecule has 0 spiro atoms. The van der Waals surface area contributed by atoms with Crippen molar-refractivity contribution in [1.82, 2.24) is 15.6 Å². The molecule has 1 heterocycles. The molecule has 10 nitrogen and oxygen atoms in total. The Kier molecular flexibility index (Phi) is 5.84. The van der Waals surface area contributed by atoms with E-state index in [2.05, 4.69) is 25.6 Å². The summed E-state index contributed by atoms with van der Waals surface area (Å²) in [7, 11) is 0. The molecular formula is C22H20N4O6. The van der Waals surface area contributed by atoms with Crippen LogP contribution in [-0.2, 0) is 9.53 Å². The van der Waals surface area contributed by atoms with Gasteiger partial charge in [-0.2, -0.15) is 0 Å². The average molecular weight is 436 g/mol. The molecule has 1 aliphatic rings. The van der Waals surface area contributed by atoms with E-state index in [1.54, 1.807) is 0 Å². The van der Waals surface area contributed by atoms with Gasteiger partial charge in [0.25, 0.3) is 5.91 Å². The minimum absolute atomic E-state index is 0.0856. The van der Waals surface area contributed by atoms with E-state index >= 15 is 0 Å². The second-order valence-electron chi connectivity index (χ2n) is 7.38. The Morgan fingerprint density at radius 2 is 1.69 bits per heavy atom. The van der Waals surface area contributed by atoms with Gasteiger partial charge < -0.3 is 15.2 Å². The predicted molar refractivity (Wildman–Crippen MR) is 112 cm³/mol. The van der Waals surface area contributed by atoms with E-state index in [0.29, 0.717) is 0 Å². The number of carboxylic acid groups (broad SMARTS) is 1. The lowest BCUT2D eigenvalue weighted by molar-refractivity contribution is -0.137. The number of carbonyl (C=O) groups is 3. The lowest BCUT2D eigenvalue weighted by atomic mass is 9.98. The monoisotopic (exact) mass is 436 g/mol. The van der Waals surface area contributed by atoms with Crippen molar-refractivity contribution in [2.45, 2.75) is 25.3 Å². The fourth-order valence-electron chi connectivity index (χ4n) is 3.76. The summed E-state index contributed by atoms with van der Waals surface area (Å²) in [6.07, 6.45) is -1.10. The van der Waals surface area contributed by atoms with Crippen LogP contribution in [0.5, 0.6) is 0 Å². The molecule has 0 saturated carbocycles. The Bertz CT molecular complexity index is 1130. The van der Waals surface area contributed by atoms with Crippen molar-refractivity contribution < 1.29 is 28.9 Å². The van der Waals surface area contributed by atoms with Crippen LogP contribution in [0.25, 0.3) is 11.1 Å². The lowest BCUT2D eigenvalue weighted by Gasteiger charge is -2.14. The predicted octanol–water partition coefficient (Wildman–Crippen LogP) is 3.02. The quantitative estimate of drug-likeness (QED) is 0.513. The molecule has 1 atom stereocenters. The van der Waals surface area contributed by atoms with Gasteiger partial charge in [-0.25, -0.2) is 9.42 Å². The van der Waals surface area contributed by atoms with Crippen molar-refractivity contribution in [1.29, 1.82) is 0 Å². The fraction of sp³-hybridized carbons (Fsp3) is 0.227. The molecule has 1 aromatic heterocycles. The van der Waals surface area contributed by atoms with E-state index in [0.717, 1.165) is 22.3 Å². The van der Waals surface area contributed by atoms with Gasteiger partial charge in [-0.15, -0.1) is 0 Å².